The van der Waals surface area contributed by atoms with Crippen LogP contribution in [0, 0.1) is 0 Å². The summed E-state index contributed by atoms with van der Waals surface area (Å²) in [7, 11) is 0. The minimum absolute atomic E-state index is 0.0291. The predicted molar refractivity (Wildman–Crippen MR) is 101 cm³/mol. The van der Waals surface area contributed by atoms with Gasteiger partial charge in [0.25, 0.3) is 5.91 Å². The van der Waals surface area contributed by atoms with E-state index >= 15 is 0 Å². The molecule has 1 amide bonds. The van der Waals surface area contributed by atoms with E-state index in [0.717, 1.165) is 5.01 Å². The van der Waals surface area contributed by atoms with E-state index in [2.05, 4.69) is 10.4 Å². The van der Waals surface area contributed by atoms with Crippen molar-refractivity contribution in [2.45, 2.75) is 6.23 Å². The van der Waals surface area contributed by atoms with Gasteiger partial charge in [0.1, 0.15) is 5.69 Å². The molecule has 1 atom stereocenters. The van der Waals surface area contributed by atoms with Gasteiger partial charge in [-0.3, -0.25) is 20.0 Å². The van der Waals surface area contributed by atoms with Crippen LogP contribution in [0.4, 0.5) is 5.69 Å². The maximum Gasteiger partial charge on any atom is 0.286 e. The van der Waals surface area contributed by atoms with E-state index in [4.69, 9.17) is 34.8 Å². The summed E-state index contributed by atoms with van der Waals surface area (Å²) in [5, 5.41) is 13.2. The highest BCUT2D eigenvalue weighted by molar-refractivity contribution is 6.36. The smallest absolute Gasteiger partial charge is 0.286 e. The summed E-state index contributed by atoms with van der Waals surface area (Å²) in [6, 6.07) is 9.21. The Morgan fingerprint density at radius 1 is 1.00 bits per heavy atom. The number of benzene rings is 2. The number of amides is 1. The number of hydrogen-bond donors (Lipinski definition) is 3. The summed E-state index contributed by atoms with van der Waals surface area (Å²) in [6.07, 6.45) is -1.44. The van der Waals surface area contributed by atoms with Gasteiger partial charge in [-0.15, -0.1) is 0 Å². The maximum atomic E-state index is 12.9. The van der Waals surface area contributed by atoms with E-state index in [1.54, 1.807) is 18.2 Å². The quantitative estimate of drug-likeness (QED) is 0.572. The third-order valence-electron chi connectivity index (χ3n) is 4.12. The molecule has 6 nitrogen and oxygen atoms in total. The molecule has 4 rings (SSSR count). The number of aliphatic hydroxyl groups is 1. The molecule has 0 fully saturated rings. The molecule has 132 valence electrons. The van der Waals surface area contributed by atoms with Crippen LogP contribution in [-0.2, 0) is 0 Å². The lowest BCUT2D eigenvalue weighted by molar-refractivity contribution is 0.0834. The molecule has 0 aliphatic carbocycles. The van der Waals surface area contributed by atoms with Crippen molar-refractivity contribution < 1.29 is 9.90 Å². The molecule has 3 N–H and O–H groups in total. The zero-order valence-corrected chi connectivity index (χ0v) is 15.2. The van der Waals surface area contributed by atoms with Crippen LogP contribution in [0.15, 0.2) is 41.2 Å². The minimum Gasteiger partial charge on any atom is -0.368 e. The number of aliphatic hydroxyl groups excluding tert-OH is 1. The Morgan fingerprint density at radius 3 is 2.42 bits per heavy atom. The fraction of sp³-hybridized carbons (Fsp3) is 0.0588. The van der Waals surface area contributed by atoms with Gasteiger partial charge in [0.2, 0.25) is 0 Å². The highest BCUT2D eigenvalue weighted by atomic mass is 35.5. The van der Waals surface area contributed by atoms with Crippen LogP contribution in [0.2, 0.25) is 15.1 Å². The number of rotatable bonds is 1. The Balaban J connectivity index is 1.93. The van der Waals surface area contributed by atoms with Gasteiger partial charge in [0, 0.05) is 15.4 Å². The Kier molecular flexibility index (Phi) is 4.08. The molecule has 1 unspecified atom stereocenters. The molecule has 1 aliphatic heterocycles. The third-order valence-corrected chi connectivity index (χ3v) is 4.89. The van der Waals surface area contributed by atoms with Crippen LogP contribution in [-0.4, -0.2) is 16.0 Å². The number of anilines is 1. The number of pyridine rings is 1. The molecule has 1 aromatic heterocycles. The van der Waals surface area contributed by atoms with E-state index in [9.17, 15) is 14.7 Å². The van der Waals surface area contributed by atoms with Crippen molar-refractivity contribution in [2.24, 2.45) is 0 Å². The Morgan fingerprint density at radius 2 is 1.69 bits per heavy atom. The maximum absolute atomic E-state index is 12.9. The normalized spacial score (nSPS) is 16.5. The summed E-state index contributed by atoms with van der Waals surface area (Å²) in [5.74, 6) is -0.588. The second-order valence-corrected chi connectivity index (χ2v) is 6.99. The molecule has 3 aromatic rings. The summed E-state index contributed by atoms with van der Waals surface area (Å²) in [5.41, 5.74) is 2.65. The number of nitrogens with one attached hydrogen (secondary N) is 2. The van der Waals surface area contributed by atoms with Crippen molar-refractivity contribution in [3.63, 3.8) is 0 Å². The van der Waals surface area contributed by atoms with Gasteiger partial charge in [-0.05, 0) is 36.4 Å². The fourth-order valence-corrected chi connectivity index (χ4v) is 3.60. The Bertz CT molecular complexity index is 1130. The molecule has 1 aliphatic rings. The molecule has 0 saturated carbocycles. The van der Waals surface area contributed by atoms with Gasteiger partial charge in [-0.1, -0.05) is 34.8 Å². The molecular formula is C17H10Cl3N3O3. The van der Waals surface area contributed by atoms with Crippen molar-refractivity contribution in [1.82, 2.24) is 10.4 Å². The van der Waals surface area contributed by atoms with Gasteiger partial charge < -0.3 is 10.1 Å². The zero-order valence-electron chi connectivity index (χ0n) is 12.9. The van der Waals surface area contributed by atoms with E-state index < -0.39 is 17.6 Å². The first kappa shape index (κ1) is 17.2. The molecule has 26 heavy (non-hydrogen) atoms. The average molecular weight is 411 g/mol. The summed E-state index contributed by atoms with van der Waals surface area (Å²) in [6.45, 7) is 0. The molecule has 9 heteroatoms. The molecule has 0 saturated heterocycles. The van der Waals surface area contributed by atoms with E-state index in [0.29, 0.717) is 26.6 Å². The van der Waals surface area contributed by atoms with Crippen LogP contribution >= 0.6 is 34.8 Å². The number of aromatic amines is 1. The largest absolute Gasteiger partial charge is 0.368 e. The fourth-order valence-electron chi connectivity index (χ4n) is 2.93. The highest BCUT2D eigenvalue weighted by Crippen LogP contribution is 2.34. The number of carbonyl (C=O) groups excluding carboxylic acids is 1. The number of hydrazine groups is 1. The molecule has 0 radical (unpaired) electrons. The third kappa shape index (κ3) is 2.62. The minimum atomic E-state index is -1.44. The van der Waals surface area contributed by atoms with Crippen molar-refractivity contribution in [3.05, 3.63) is 72.9 Å². The monoisotopic (exact) mass is 409 g/mol. The molecule has 0 spiro atoms. The lowest BCUT2D eigenvalue weighted by Crippen LogP contribution is -2.51. The van der Waals surface area contributed by atoms with Crippen molar-refractivity contribution in [1.29, 1.82) is 0 Å². The average Bonchev–Trinajstić information content (AvgIpc) is 2.58. The molecule has 2 heterocycles. The predicted octanol–water partition coefficient (Wildman–Crippen LogP) is 3.64. The summed E-state index contributed by atoms with van der Waals surface area (Å²) in [4.78, 5) is 28.3. The van der Waals surface area contributed by atoms with Crippen LogP contribution in [0.3, 0.4) is 0 Å². The van der Waals surface area contributed by atoms with Crippen LogP contribution in [0.1, 0.15) is 22.3 Å². The van der Waals surface area contributed by atoms with Crippen molar-refractivity contribution in [3.8, 4) is 0 Å². The standard InChI is InChI=1S/C17H10Cl3N3O3/c18-7-2-4-12(10(20)5-7)23-17(26)13-14(16(25)22-23)21-11-6-8(19)1-3-9(11)15(13)24/h1-6,17,26H,(H,21,24)(H,22,25). The lowest BCUT2D eigenvalue weighted by Gasteiger charge is -2.35. The van der Waals surface area contributed by atoms with E-state index in [-0.39, 0.29) is 16.3 Å². The van der Waals surface area contributed by atoms with Gasteiger partial charge in [0.05, 0.1) is 21.8 Å². The number of nitrogens with zero attached hydrogens (tertiary/aromatic N) is 1. The first-order valence-corrected chi connectivity index (χ1v) is 8.59. The number of aromatic nitrogens is 1. The topological polar surface area (TPSA) is 85.4 Å². The Labute approximate surface area is 161 Å². The van der Waals surface area contributed by atoms with Crippen molar-refractivity contribution in [2.75, 3.05) is 5.01 Å². The number of hydrogen-bond acceptors (Lipinski definition) is 4. The van der Waals surface area contributed by atoms with Gasteiger partial charge in [-0.2, -0.15) is 0 Å². The van der Waals surface area contributed by atoms with Gasteiger partial charge in [-0.25, -0.2) is 0 Å². The number of halogens is 3. The van der Waals surface area contributed by atoms with E-state index in [1.165, 1.54) is 18.2 Å². The van der Waals surface area contributed by atoms with Gasteiger partial charge in [0.15, 0.2) is 11.7 Å². The highest BCUT2D eigenvalue weighted by Gasteiger charge is 2.35. The number of carbonyl (C=O) groups is 1. The molecule has 2 aromatic carbocycles. The summed E-state index contributed by atoms with van der Waals surface area (Å²) < 4.78 is 0. The molecule has 0 bridgehead atoms. The van der Waals surface area contributed by atoms with Gasteiger partial charge >= 0.3 is 0 Å². The van der Waals surface area contributed by atoms with Crippen molar-refractivity contribution >= 4 is 57.3 Å². The van der Waals surface area contributed by atoms with Crippen LogP contribution in [0.5, 0.6) is 0 Å². The summed E-state index contributed by atoms with van der Waals surface area (Å²) >= 11 is 18.0. The second-order valence-electron chi connectivity index (χ2n) is 5.71. The number of fused-ring (bicyclic) bond motifs is 2. The lowest BCUT2D eigenvalue weighted by atomic mass is 10.0. The number of H-pyrrole nitrogens is 1. The first-order chi connectivity index (χ1) is 12.4. The second kappa shape index (κ2) is 6.17. The zero-order chi connectivity index (χ0) is 18.6. The van der Waals surface area contributed by atoms with Crippen LogP contribution < -0.4 is 15.9 Å². The Hall–Kier alpha value is -2.25. The van der Waals surface area contributed by atoms with Crippen LogP contribution in [0.25, 0.3) is 10.9 Å². The molecular weight excluding hydrogens is 401 g/mol. The van der Waals surface area contributed by atoms with E-state index in [1.807, 2.05) is 0 Å². The SMILES string of the molecule is O=C1NN(c2ccc(Cl)cc2Cl)C(O)c2c1[nH]c1cc(Cl)ccc1c2=O. The first-order valence-electron chi connectivity index (χ1n) is 7.45.